The van der Waals surface area contributed by atoms with E-state index in [1.807, 2.05) is 12.1 Å². The first-order valence-corrected chi connectivity index (χ1v) is 14.8. The molecule has 0 aliphatic carbocycles. The molecule has 0 saturated carbocycles. The zero-order valence-corrected chi connectivity index (χ0v) is 24.2. The maximum absolute atomic E-state index is 14.3. The second-order valence-corrected chi connectivity index (χ2v) is 11.8. The monoisotopic (exact) mass is 541 g/mol. The van der Waals surface area contributed by atoms with Crippen LogP contribution in [0.1, 0.15) is 64.0 Å². The molecule has 5 heterocycles. The van der Waals surface area contributed by atoms with Gasteiger partial charge in [0.2, 0.25) is 0 Å². The van der Waals surface area contributed by atoms with Crippen molar-refractivity contribution in [2.75, 3.05) is 24.6 Å². The van der Waals surface area contributed by atoms with Gasteiger partial charge in [-0.3, -0.25) is 0 Å². The lowest BCUT2D eigenvalue weighted by Crippen LogP contribution is -2.45. The predicted octanol–water partition coefficient (Wildman–Crippen LogP) is 8.00. The van der Waals surface area contributed by atoms with Gasteiger partial charge in [0.1, 0.15) is 11.6 Å². The Balaban J connectivity index is 1.48. The van der Waals surface area contributed by atoms with Crippen LogP contribution in [0, 0.1) is 12.7 Å². The van der Waals surface area contributed by atoms with Crippen LogP contribution in [-0.2, 0) is 11.2 Å². The van der Waals surface area contributed by atoms with Crippen molar-refractivity contribution in [1.82, 2.24) is 9.38 Å². The largest absolute Gasteiger partial charge is 0.490 e. The minimum atomic E-state index is -0.293. The topological polar surface area (TPSA) is 39.0 Å². The molecule has 3 aliphatic heterocycles. The molecule has 6 bridgehead atoms. The molecule has 2 aromatic carbocycles. The van der Waals surface area contributed by atoms with Crippen LogP contribution in [0.15, 0.2) is 54.9 Å². The van der Waals surface area contributed by atoms with Crippen molar-refractivity contribution in [2.45, 2.75) is 77.9 Å². The first-order chi connectivity index (χ1) is 19.3. The zero-order valence-electron chi connectivity index (χ0n) is 24.2. The molecule has 3 aliphatic rings. The number of halogens is 1. The Bertz CT molecular complexity index is 1520. The number of pyridine rings is 1. The third-order valence-corrected chi connectivity index (χ3v) is 8.73. The number of hydrogen-bond donors (Lipinski definition) is 0. The highest BCUT2D eigenvalue weighted by molar-refractivity contribution is 5.80. The SMILES string of the molecule is CCc1c(C)cn2cc3nc2c1N1CCC(C)(CC1)OCCCCC(C)Oc1cc(F)ccc1-c1cccc-3c1. The molecular weight excluding hydrogens is 501 g/mol. The first kappa shape index (κ1) is 26.8. The molecule has 6 heteroatoms. The van der Waals surface area contributed by atoms with Crippen molar-refractivity contribution >= 4 is 11.3 Å². The Morgan fingerprint density at radius 1 is 1.05 bits per heavy atom. The summed E-state index contributed by atoms with van der Waals surface area (Å²) < 4.78 is 29.3. The third kappa shape index (κ3) is 5.22. The zero-order chi connectivity index (χ0) is 27.9. The van der Waals surface area contributed by atoms with E-state index in [9.17, 15) is 4.39 Å². The highest BCUT2D eigenvalue weighted by Crippen LogP contribution is 2.38. The molecule has 40 heavy (non-hydrogen) atoms. The Labute approximate surface area is 236 Å². The fraction of sp³-hybridized carbons (Fsp3) is 0.441. The number of piperidine rings is 1. The maximum Gasteiger partial charge on any atom is 0.161 e. The summed E-state index contributed by atoms with van der Waals surface area (Å²) in [6, 6.07) is 13.2. The standard InChI is InChI=1S/C34H40FN3O2/c1-5-28-23(2)21-38-22-30-26-11-8-10-25(19-26)29-13-12-27(35)20-31(29)40-24(3)9-6-7-18-39-34(4)14-16-37(17-15-34)32(28)33(38)36-30/h8,10-13,19-22,24H,5-7,9,14-18H2,1-4H3. The molecule has 1 fully saturated rings. The molecule has 1 unspecified atom stereocenters. The highest BCUT2D eigenvalue weighted by atomic mass is 19.1. The van der Waals surface area contributed by atoms with Crippen LogP contribution in [0.25, 0.3) is 28.0 Å². The van der Waals surface area contributed by atoms with Crippen LogP contribution >= 0.6 is 0 Å². The van der Waals surface area contributed by atoms with Crippen molar-refractivity contribution < 1.29 is 13.9 Å². The number of rotatable bonds is 1. The summed E-state index contributed by atoms with van der Waals surface area (Å²) >= 11 is 0. The van der Waals surface area contributed by atoms with Crippen LogP contribution in [-0.4, -0.2) is 40.8 Å². The van der Waals surface area contributed by atoms with Gasteiger partial charge in [0.05, 0.1) is 23.1 Å². The first-order valence-electron chi connectivity index (χ1n) is 14.8. The number of ether oxygens (including phenoxy) is 2. The van der Waals surface area contributed by atoms with Crippen molar-refractivity contribution in [3.8, 4) is 28.1 Å². The second-order valence-electron chi connectivity index (χ2n) is 11.8. The Morgan fingerprint density at radius 2 is 1.85 bits per heavy atom. The number of nitrogens with zero attached hydrogens (tertiary/aromatic N) is 3. The van der Waals surface area contributed by atoms with Gasteiger partial charge in [-0.25, -0.2) is 9.37 Å². The fourth-order valence-electron chi connectivity index (χ4n) is 6.35. The van der Waals surface area contributed by atoms with E-state index in [1.165, 1.54) is 28.9 Å². The van der Waals surface area contributed by atoms with Crippen LogP contribution in [0.4, 0.5) is 10.1 Å². The van der Waals surface area contributed by atoms with Gasteiger partial charge in [0, 0.05) is 49.3 Å². The lowest BCUT2D eigenvalue weighted by Gasteiger charge is -2.41. The minimum Gasteiger partial charge on any atom is -0.490 e. The Kier molecular flexibility index (Phi) is 7.30. The molecule has 7 rings (SSSR count). The number of fused-ring (bicyclic) bond motifs is 8. The molecule has 210 valence electrons. The molecule has 0 spiro atoms. The average molecular weight is 542 g/mol. The van der Waals surface area contributed by atoms with Crippen molar-refractivity contribution in [3.05, 3.63) is 71.8 Å². The lowest BCUT2D eigenvalue weighted by molar-refractivity contribution is -0.0495. The van der Waals surface area contributed by atoms with Crippen LogP contribution < -0.4 is 9.64 Å². The van der Waals surface area contributed by atoms with E-state index in [2.05, 4.69) is 67.6 Å². The van der Waals surface area contributed by atoms with E-state index in [1.54, 1.807) is 0 Å². The summed E-state index contributed by atoms with van der Waals surface area (Å²) in [5.74, 6) is 0.284. The van der Waals surface area contributed by atoms with Gasteiger partial charge in [-0.15, -0.1) is 0 Å². The van der Waals surface area contributed by atoms with Gasteiger partial charge >= 0.3 is 0 Å². The van der Waals surface area contributed by atoms with E-state index in [0.717, 1.165) is 86.3 Å². The fourth-order valence-corrected chi connectivity index (χ4v) is 6.35. The van der Waals surface area contributed by atoms with Crippen molar-refractivity contribution in [1.29, 1.82) is 0 Å². The van der Waals surface area contributed by atoms with Gasteiger partial charge in [0.25, 0.3) is 0 Å². The summed E-state index contributed by atoms with van der Waals surface area (Å²) in [5, 5.41) is 0. The summed E-state index contributed by atoms with van der Waals surface area (Å²) in [5.41, 5.74) is 8.63. The van der Waals surface area contributed by atoms with Gasteiger partial charge in [-0.05, 0) is 94.2 Å². The van der Waals surface area contributed by atoms with E-state index in [-0.39, 0.29) is 17.5 Å². The quantitative estimate of drug-likeness (QED) is 0.245. The predicted molar refractivity (Wildman–Crippen MR) is 160 cm³/mol. The summed E-state index contributed by atoms with van der Waals surface area (Å²) in [4.78, 5) is 7.75. The molecule has 5 nitrogen and oxygen atoms in total. The number of benzene rings is 2. The number of aryl methyl sites for hydroxylation is 1. The number of hydrogen-bond acceptors (Lipinski definition) is 4. The maximum atomic E-state index is 14.3. The smallest absolute Gasteiger partial charge is 0.161 e. The summed E-state index contributed by atoms with van der Waals surface area (Å²) in [7, 11) is 0. The molecule has 4 aromatic rings. The van der Waals surface area contributed by atoms with Gasteiger partial charge in [0.15, 0.2) is 5.65 Å². The van der Waals surface area contributed by atoms with Crippen LogP contribution in [0.5, 0.6) is 5.75 Å². The lowest BCUT2D eigenvalue weighted by atomic mass is 9.92. The van der Waals surface area contributed by atoms with Crippen LogP contribution in [0.2, 0.25) is 0 Å². The van der Waals surface area contributed by atoms with Crippen LogP contribution in [0.3, 0.4) is 0 Å². The molecule has 1 atom stereocenters. The van der Waals surface area contributed by atoms with Gasteiger partial charge < -0.3 is 18.8 Å². The summed E-state index contributed by atoms with van der Waals surface area (Å²) in [6.07, 6.45) is 10.1. The third-order valence-electron chi connectivity index (χ3n) is 8.73. The van der Waals surface area contributed by atoms with E-state index >= 15 is 0 Å². The molecular formula is C34H40FN3O2. The number of aromatic nitrogens is 2. The van der Waals surface area contributed by atoms with E-state index in [4.69, 9.17) is 14.5 Å². The van der Waals surface area contributed by atoms with Gasteiger partial charge in [-0.1, -0.05) is 25.1 Å². The van der Waals surface area contributed by atoms with E-state index < -0.39 is 0 Å². The second kappa shape index (κ2) is 10.9. The molecule has 1 saturated heterocycles. The van der Waals surface area contributed by atoms with E-state index in [0.29, 0.717) is 5.75 Å². The highest BCUT2D eigenvalue weighted by Gasteiger charge is 2.33. The number of imidazole rings is 1. The normalized spacial score (nSPS) is 21.8. The molecule has 2 aromatic heterocycles. The Morgan fingerprint density at radius 3 is 2.65 bits per heavy atom. The molecule has 0 amide bonds. The summed E-state index contributed by atoms with van der Waals surface area (Å²) in [6.45, 7) is 11.4. The van der Waals surface area contributed by atoms with Gasteiger partial charge in [-0.2, -0.15) is 0 Å². The minimum absolute atomic E-state index is 0.0268. The van der Waals surface area contributed by atoms with Crippen molar-refractivity contribution in [2.24, 2.45) is 0 Å². The molecule has 0 N–H and O–H groups in total. The average Bonchev–Trinajstić information content (AvgIpc) is 3.36. The number of anilines is 1. The Hall–Kier alpha value is -3.38. The van der Waals surface area contributed by atoms with Crippen molar-refractivity contribution in [3.63, 3.8) is 0 Å². The molecule has 0 radical (unpaired) electrons.